The van der Waals surface area contributed by atoms with E-state index in [2.05, 4.69) is 15.9 Å². The fourth-order valence-corrected chi connectivity index (χ4v) is 5.79. The van der Waals surface area contributed by atoms with E-state index in [0.29, 0.717) is 5.56 Å². The zero-order valence-electron chi connectivity index (χ0n) is 17.7. The number of carbonyl (C=O) groups is 4. The standard InChI is InChI=1S/C26H14BrClFNO5/c27-13-7-5-12(6-8-13)21-19-20(25(34)30(24(19)33)14-9-10-18(29)17(28)11-14)26(35-21)22(31)15-3-1-2-4-16(15)23(26)32/h1-11,19-21H/t19-,20+,21+/m1/s1. The van der Waals surface area contributed by atoms with Crippen molar-refractivity contribution in [2.75, 3.05) is 4.90 Å². The lowest BCUT2D eigenvalue weighted by Crippen LogP contribution is -2.51. The number of anilines is 1. The highest BCUT2D eigenvalue weighted by Gasteiger charge is 2.74. The largest absolute Gasteiger partial charge is 0.349 e. The Kier molecular flexibility index (Phi) is 4.87. The van der Waals surface area contributed by atoms with Crippen molar-refractivity contribution in [1.29, 1.82) is 0 Å². The van der Waals surface area contributed by atoms with Crippen LogP contribution >= 0.6 is 27.5 Å². The van der Waals surface area contributed by atoms with Gasteiger partial charge in [0.1, 0.15) is 5.82 Å². The fraction of sp³-hybridized carbons (Fsp3) is 0.154. The molecule has 2 saturated heterocycles. The van der Waals surface area contributed by atoms with Crippen molar-refractivity contribution in [2.24, 2.45) is 11.8 Å². The Morgan fingerprint density at radius 1 is 0.886 bits per heavy atom. The maximum absolute atomic E-state index is 13.8. The zero-order chi connectivity index (χ0) is 24.6. The van der Waals surface area contributed by atoms with Crippen molar-refractivity contribution < 1.29 is 28.3 Å². The van der Waals surface area contributed by atoms with E-state index in [4.69, 9.17) is 16.3 Å². The first-order valence-electron chi connectivity index (χ1n) is 10.7. The van der Waals surface area contributed by atoms with Crippen LogP contribution in [0.3, 0.4) is 0 Å². The summed E-state index contributed by atoms with van der Waals surface area (Å²) in [6, 6.07) is 16.6. The monoisotopic (exact) mass is 553 g/mol. The average Bonchev–Trinajstić information content (AvgIpc) is 3.41. The summed E-state index contributed by atoms with van der Waals surface area (Å²) < 4.78 is 20.8. The van der Waals surface area contributed by atoms with Gasteiger partial charge in [-0.2, -0.15) is 0 Å². The Morgan fingerprint density at radius 3 is 2.11 bits per heavy atom. The summed E-state index contributed by atoms with van der Waals surface area (Å²) >= 11 is 9.28. The lowest BCUT2D eigenvalue weighted by atomic mass is 9.77. The van der Waals surface area contributed by atoms with Gasteiger partial charge in [-0.25, -0.2) is 9.29 Å². The second kappa shape index (κ2) is 7.65. The van der Waals surface area contributed by atoms with Crippen LogP contribution in [0.4, 0.5) is 10.1 Å². The number of ketones is 2. The molecule has 2 aliphatic heterocycles. The van der Waals surface area contributed by atoms with Gasteiger partial charge < -0.3 is 4.74 Å². The Balaban J connectivity index is 1.54. The van der Waals surface area contributed by atoms with Gasteiger partial charge in [0, 0.05) is 15.6 Å². The van der Waals surface area contributed by atoms with Crippen molar-refractivity contribution in [3.63, 3.8) is 0 Å². The summed E-state index contributed by atoms with van der Waals surface area (Å²) in [6.45, 7) is 0. The lowest BCUT2D eigenvalue weighted by molar-refractivity contribution is -0.127. The SMILES string of the molecule is O=C1[C@@H]2[C@@H](C(=O)N1c1ccc(F)c(Cl)c1)C1(O[C@H]2c2ccc(Br)cc2)C(=O)c2ccccc2C1=O. The molecule has 0 N–H and O–H groups in total. The van der Waals surface area contributed by atoms with Crippen molar-refractivity contribution in [1.82, 2.24) is 0 Å². The number of Topliss-reactive ketones (excluding diaryl/α,β-unsaturated/α-hetero) is 2. The number of rotatable bonds is 2. The van der Waals surface area contributed by atoms with Gasteiger partial charge in [0.2, 0.25) is 29.0 Å². The molecule has 9 heteroatoms. The third-order valence-electron chi connectivity index (χ3n) is 6.88. The number of imide groups is 1. The van der Waals surface area contributed by atoms with E-state index >= 15 is 0 Å². The molecular formula is C26H14BrClFNO5. The third kappa shape index (κ3) is 2.90. The minimum absolute atomic E-state index is 0.0564. The number of carbonyl (C=O) groups excluding carboxylic acids is 4. The molecular weight excluding hydrogens is 541 g/mol. The summed E-state index contributed by atoms with van der Waals surface area (Å²) in [5.74, 6) is -5.95. The molecule has 6 nitrogen and oxygen atoms in total. The molecule has 3 atom stereocenters. The highest BCUT2D eigenvalue weighted by atomic mass is 79.9. The summed E-state index contributed by atoms with van der Waals surface area (Å²) in [7, 11) is 0. The molecule has 6 rings (SSSR count). The molecule has 2 amide bonds. The minimum atomic E-state index is -2.17. The number of amides is 2. The summed E-state index contributed by atoms with van der Waals surface area (Å²) in [5.41, 5.74) is -1.28. The molecule has 2 fully saturated rings. The number of nitrogens with zero attached hydrogens (tertiary/aromatic N) is 1. The van der Waals surface area contributed by atoms with Crippen LogP contribution in [0.15, 0.2) is 71.2 Å². The minimum Gasteiger partial charge on any atom is -0.349 e. The Hall–Kier alpha value is -3.20. The molecule has 0 aromatic heterocycles. The second-order valence-electron chi connectivity index (χ2n) is 8.64. The van der Waals surface area contributed by atoms with E-state index in [1.54, 1.807) is 36.4 Å². The second-order valence-corrected chi connectivity index (χ2v) is 9.97. The van der Waals surface area contributed by atoms with Crippen LogP contribution in [0.25, 0.3) is 0 Å². The zero-order valence-corrected chi connectivity index (χ0v) is 20.0. The lowest BCUT2D eigenvalue weighted by Gasteiger charge is -2.27. The van der Waals surface area contributed by atoms with Gasteiger partial charge in [0.25, 0.3) is 0 Å². The molecule has 1 aliphatic carbocycles. The van der Waals surface area contributed by atoms with Crippen LogP contribution in [0.1, 0.15) is 32.4 Å². The Labute approximate surface area is 211 Å². The Morgan fingerprint density at radius 2 is 1.51 bits per heavy atom. The first kappa shape index (κ1) is 22.3. The predicted molar refractivity (Wildman–Crippen MR) is 127 cm³/mol. The van der Waals surface area contributed by atoms with Crippen molar-refractivity contribution in [2.45, 2.75) is 11.7 Å². The molecule has 35 heavy (non-hydrogen) atoms. The topological polar surface area (TPSA) is 80.8 Å². The van der Waals surface area contributed by atoms with E-state index in [1.807, 2.05) is 0 Å². The van der Waals surface area contributed by atoms with Gasteiger partial charge in [0.15, 0.2) is 0 Å². The molecule has 2 heterocycles. The first-order valence-corrected chi connectivity index (χ1v) is 11.9. The van der Waals surface area contributed by atoms with Crippen LogP contribution in [0.2, 0.25) is 5.02 Å². The first-order chi connectivity index (χ1) is 16.8. The van der Waals surface area contributed by atoms with Crippen LogP contribution in [0, 0.1) is 17.7 Å². The molecule has 0 bridgehead atoms. The molecule has 3 aromatic rings. The maximum Gasteiger partial charge on any atom is 0.241 e. The van der Waals surface area contributed by atoms with Gasteiger partial charge >= 0.3 is 0 Å². The van der Waals surface area contributed by atoms with Crippen LogP contribution in [-0.4, -0.2) is 29.0 Å². The molecule has 0 saturated carbocycles. The van der Waals surface area contributed by atoms with Crippen molar-refractivity contribution in [3.8, 4) is 0 Å². The molecule has 0 unspecified atom stereocenters. The molecule has 3 aromatic carbocycles. The maximum atomic E-state index is 13.8. The number of halogens is 3. The number of hydrogen-bond donors (Lipinski definition) is 0. The molecule has 0 radical (unpaired) electrons. The molecule has 174 valence electrons. The molecule has 3 aliphatic rings. The van der Waals surface area contributed by atoms with E-state index in [0.717, 1.165) is 15.4 Å². The van der Waals surface area contributed by atoms with Gasteiger partial charge in [-0.1, -0.05) is 63.9 Å². The van der Waals surface area contributed by atoms with Gasteiger partial charge in [-0.15, -0.1) is 0 Å². The normalized spacial score (nSPS) is 24.4. The Bertz CT molecular complexity index is 1440. The predicted octanol–water partition coefficient (Wildman–Crippen LogP) is 4.94. The summed E-state index contributed by atoms with van der Waals surface area (Å²) in [4.78, 5) is 55.8. The van der Waals surface area contributed by atoms with Crippen LogP contribution in [-0.2, 0) is 14.3 Å². The van der Waals surface area contributed by atoms with Gasteiger partial charge in [-0.3, -0.25) is 19.2 Å². The summed E-state index contributed by atoms with van der Waals surface area (Å²) in [6.07, 6.45) is -1.03. The summed E-state index contributed by atoms with van der Waals surface area (Å²) in [5, 5.41) is -0.268. The number of fused-ring (bicyclic) bond motifs is 3. The van der Waals surface area contributed by atoms with Crippen molar-refractivity contribution in [3.05, 3.63) is 98.7 Å². The van der Waals surface area contributed by atoms with Crippen molar-refractivity contribution >= 4 is 56.6 Å². The van der Waals surface area contributed by atoms with E-state index < -0.39 is 52.7 Å². The van der Waals surface area contributed by atoms with Gasteiger partial charge in [-0.05, 0) is 35.9 Å². The van der Waals surface area contributed by atoms with Crippen LogP contribution in [0.5, 0.6) is 0 Å². The number of benzene rings is 3. The van der Waals surface area contributed by atoms with Gasteiger partial charge in [0.05, 0.1) is 28.6 Å². The quantitative estimate of drug-likeness (QED) is 0.331. The van der Waals surface area contributed by atoms with E-state index in [1.165, 1.54) is 24.3 Å². The van der Waals surface area contributed by atoms with E-state index in [9.17, 15) is 23.6 Å². The smallest absolute Gasteiger partial charge is 0.241 e. The van der Waals surface area contributed by atoms with Crippen LogP contribution < -0.4 is 4.90 Å². The highest BCUT2D eigenvalue weighted by molar-refractivity contribution is 9.10. The average molecular weight is 555 g/mol. The van der Waals surface area contributed by atoms with E-state index in [-0.39, 0.29) is 21.8 Å². The number of ether oxygens (including phenoxy) is 1. The number of hydrogen-bond acceptors (Lipinski definition) is 5. The molecule has 1 spiro atoms. The highest BCUT2D eigenvalue weighted by Crippen LogP contribution is 2.57. The third-order valence-corrected chi connectivity index (χ3v) is 7.70. The fourth-order valence-electron chi connectivity index (χ4n) is 5.35.